The zero-order valence-corrected chi connectivity index (χ0v) is 16.4. The lowest BCUT2D eigenvalue weighted by Crippen LogP contribution is -2.24. The van der Waals surface area contributed by atoms with Gasteiger partial charge in [0.15, 0.2) is 8.68 Å². The molecule has 1 aromatic carbocycles. The molecule has 0 radical (unpaired) electrons. The lowest BCUT2D eigenvalue weighted by atomic mass is 10.1. The topological polar surface area (TPSA) is 81.2 Å². The van der Waals surface area contributed by atoms with Gasteiger partial charge in [0.25, 0.3) is 0 Å². The van der Waals surface area contributed by atoms with Crippen molar-refractivity contribution in [3.05, 3.63) is 35.4 Å². The summed E-state index contributed by atoms with van der Waals surface area (Å²) < 4.78 is 6.39. The second-order valence-corrected chi connectivity index (χ2v) is 8.48. The Kier molecular flexibility index (Phi) is 8.23. The molecule has 2 aromatic rings. The van der Waals surface area contributed by atoms with Crippen LogP contribution in [0, 0.1) is 0 Å². The molecule has 0 saturated heterocycles. The van der Waals surface area contributed by atoms with Crippen molar-refractivity contribution < 1.29 is 14.3 Å². The predicted octanol–water partition coefficient (Wildman–Crippen LogP) is 3.24. The van der Waals surface area contributed by atoms with Crippen LogP contribution in [0.3, 0.4) is 0 Å². The molecule has 0 atom stereocenters. The third kappa shape index (κ3) is 6.68. The fraction of sp³-hybridized carbons (Fsp3) is 0.375. The number of esters is 1. The number of methoxy groups -OCH3 is 1. The number of hydrogen-bond donors (Lipinski definition) is 1. The highest BCUT2D eigenvalue weighted by molar-refractivity contribution is 8.03. The van der Waals surface area contributed by atoms with Gasteiger partial charge in [-0.05, 0) is 24.1 Å². The van der Waals surface area contributed by atoms with Gasteiger partial charge in [-0.25, -0.2) is 4.79 Å². The summed E-state index contributed by atoms with van der Waals surface area (Å²) >= 11 is 4.59. The average molecular weight is 398 g/mol. The largest absolute Gasteiger partial charge is 0.465 e. The Balaban J connectivity index is 1.73. The molecule has 0 bridgehead atoms. The minimum absolute atomic E-state index is 0.0694. The Bertz CT molecular complexity index is 704. The van der Waals surface area contributed by atoms with Gasteiger partial charge in [0.05, 0.1) is 18.4 Å². The number of nitrogens with one attached hydrogen (secondary N) is 1. The van der Waals surface area contributed by atoms with Gasteiger partial charge in [-0.15, -0.1) is 10.2 Å². The molecule has 0 aliphatic carbocycles. The first-order valence-corrected chi connectivity index (χ1v) is 10.4. The number of hydrogen-bond acceptors (Lipinski definition) is 8. The van der Waals surface area contributed by atoms with Gasteiger partial charge in [0.2, 0.25) is 5.91 Å². The predicted molar refractivity (Wildman–Crippen MR) is 101 cm³/mol. The summed E-state index contributed by atoms with van der Waals surface area (Å²) in [5.41, 5.74) is 1.40. The van der Waals surface area contributed by atoms with Crippen molar-refractivity contribution in [2.24, 2.45) is 0 Å². The molecule has 0 aliphatic rings. The van der Waals surface area contributed by atoms with Crippen LogP contribution in [0.2, 0.25) is 0 Å². The van der Waals surface area contributed by atoms with E-state index in [9.17, 15) is 9.59 Å². The zero-order valence-electron chi connectivity index (χ0n) is 14.0. The van der Waals surface area contributed by atoms with E-state index in [1.807, 2.05) is 0 Å². The van der Waals surface area contributed by atoms with Crippen molar-refractivity contribution in [2.75, 3.05) is 18.6 Å². The summed E-state index contributed by atoms with van der Waals surface area (Å²) in [6, 6.07) is 6.95. The normalized spacial score (nSPS) is 10.5. The molecular weight excluding hydrogens is 378 g/mol. The number of rotatable bonds is 9. The molecule has 1 amide bonds. The highest BCUT2D eigenvalue weighted by Gasteiger charge is 2.09. The van der Waals surface area contributed by atoms with Gasteiger partial charge in [-0.1, -0.05) is 53.9 Å². The van der Waals surface area contributed by atoms with Crippen LogP contribution in [0.25, 0.3) is 0 Å². The number of carbonyl (C=O) groups excluding carboxylic acids is 2. The quantitative estimate of drug-likeness (QED) is 0.514. The van der Waals surface area contributed by atoms with Crippen LogP contribution < -0.4 is 5.32 Å². The van der Waals surface area contributed by atoms with E-state index >= 15 is 0 Å². The number of thioether (sulfide) groups is 2. The smallest absolute Gasteiger partial charge is 0.337 e. The molecule has 2 rings (SSSR count). The number of amides is 1. The zero-order chi connectivity index (χ0) is 18.1. The van der Waals surface area contributed by atoms with Crippen molar-refractivity contribution in [1.82, 2.24) is 15.5 Å². The maximum atomic E-state index is 11.9. The monoisotopic (exact) mass is 397 g/mol. The molecule has 134 valence electrons. The molecule has 0 unspecified atom stereocenters. The molecule has 25 heavy (non-hydrogen) atoms. The number of benzene rings is 1. The van der Waals surface area contributed by atoms with Crippen LogP contribution in [0.1, 0.15) is 29.3 Å². The summed E-state index contributed by atoms with van der Waals surface area (Å²) in [6.45, 7) is 2.53. The fourth-order valence-corrected chi connectivity index (χ4v) is 4.53. The Morgan fingerprint density at radius 3 is 2.48 bits per heavy atom. The molecule has 0 fully saturated rings. The van der Waals surface area contributed by atoms with Crippen LogP contribution in [-0.4, -0.2) is 40.7 Å². The highest BCUT2D eigenvalue weighted by atomic mass is 32.2. The van der Waals surface area contributed by atoms with E-state index < -0.39 is 0 Å². The van der Waals surface area contributed by atoms with Crippen molar-refractivity contribution in [3.8, 4) is 0 Å². The SMILES string of the molecule is CCCSc1nnc(SCC(=O)NCc2ccc(C(=O)OC)cc2)s1. The van der Waals surface area contributed by atoms with E-state index in [1.54, 1.807) is 36.0 Å². The van der Waals surface area contributed by atoms with E-state index in [1.165, 1.54) is 30.2 Å². The lowest BCUT2D eigenvalue weighted by molar-refractivity contribution is -0.118. The second-order valence-electron chi connectivity index (χ2n) is 4.94. The molecule has 1 heterocycles. The van der Waals surface area contributed by atoms with Crippen LogP contribution >= 0.6 is 34.9 Å². The van der Waals surface area contributed by atoms with Crippen LogP contribution in [0.5, 0.6) is 0 Å². The molecule has 6 nitrogen and oxygen atoms in total. The van der Waals surface area contributed by atoms with Crippen molar-refractivity contribution in [2.45, 2.75) is 28.6 Å². The van der Waals surface area contributed by atoms with Crippen molar-refractivity contribution >= 4 is 46.7 Å². The van der Waals surface area contributed by atoms with E-state index in [4.69, 9.17) is 0 Å². The number of aromatic nitrogens is 2. The summed E-state index contributed by atoms with van der Waals surface area (Å²) in [4.78, 5) is 23.3. The molecular formula is C16H19N3O3S3. The maximum absolute atomic E-state index is 11.9. The van der Waals surface area contributed by atoms with Crippen LogP contribution in [0.15, 0.2) is 32.9 Å². The number of ether oxygens (including phenoxy) is 1. The summed E-state index contributed by atoms with van der Waals surface area (Å²) in [5, 5.41) is 11.0. The van der Waals surface area contributed by atoms with E-state index in [-0.39, 0.29) is 11.9 Å². The third-order valence-electron chi connectivity index (χ3n) is 3.01. The molecule has 0 saturated carbocycles. The van der Waals surface area contributed by atoms with E-state index in [2.05, 4.69) is 27.2 Å². The Hall–Kier alpha value is -1.58. The molecule has 1 aromatic heterocycles. The molecule has 9 heteroatoms. The number of carbonyl (C=O) groups is 2. The summed E-state index contributed by atoms with van der Waals surface area (Å²) in [5.74, 6) is 0.877. The lowest BCUT2D eigenvalue weighted by Gasteiger charge is -2.05. The standard InChI is InChI=1S/C16H19N3O3S3/c1-3-8-23-15-18-19-16(25-15)24-10-13(20)17-9-11-4-6-12(7-5-11)14(21)22-2/h4-7H,3,8-10H2,1-2H3,(H,17,20). The van der Waals surface area contributed by atoms with Crippen LogP contribution in [-0.2, 0) is 16.1 Å². The maximum Gasteiger partial charge on any atom is 0.337 e. The Labute approximate surface area is 159 Å². The first kappa shape index (κ1) is 19.7. The highest BCUT2D eigenvalue weighted by Crippen LogP contribution is 2.28. The molecule has 0 spiro atoms. The van der Waals surface area contributed by atoms with Crippen molar-refractivity contribution in [1.29, 1.82) is 0 Å². The van der Waals surface area contributed by atoms with Gasteiger partial charge in [0.1, 0.15) is 0 Å². The molecule has 0 aliphatic heterocycles. The van der Waals surface area contributed by atoms with Crippen molar-refractivity contribution in [3.63, 3.8) is 0 Å². The summed E-state index contributed by atoms with van der Waals surface area (Å²) in [6.07, 6.45) is 1.09. The van der Waals surface area contributed by atoms with Gasteiger partial charge in [-0.2, -0.15) is 0 Å². The first-order chi connectivity index (χ1) is 12.1. The van der Waals surface area contributed by atoms with Gasteiger partial charge in [0, 0.05) is 12.3 Å². The van der Waals surface area contributed by atoms with E-state index in [0.717, 1.165) is 26.4 Å². The third-order valence-corrected chi connectivity index (χ3v) is 6.40. The van der Waals surface area contributed by atoms with E-state index in [0.29, 0.717) is 17.9 Å². The fourth-order valence-electron chi connectivity index (χ4n) is 1.76. The Morgan fingerprint density at radius 1 is 1.16 bits per heavy atom. The Morgan fingerprint density at radius 2 is 1.84 bits per heavy atom. The minimum Gasteiger partial charge on any atom is -0.465 e. The number of nitrogens with zero attached hydrogens (tertiary/aromatic N) is 2. The molecule has 1 N–H and O–H groups in total. The van der Waals surface area contributed by atoms with Gasteiger partial charge < -0.3 is 10.1 Å². The summed E-state index contributed by atoms with van der Waals surface area (Å²) in [7, 11) is 1.34. The van der Waals surface area contributed by atoms with Gasteiger partial charge >= 0.3 is 5.97 Å². The second kappa shape index (κ2) is 10.4. The minimum atomic E-state index is -0.375. The van der Waals surface area contributed by atoms with Gasteiger partial charge in [-0.3, -0.25) is 4.79 Å². The van der Waals surface area contributed by atoms with Crippen LogP contribution in [0.4, 0.5) is 0 Å². The first-order valence-electron chi connectivity index (χ1n) is 7.65. The average Bonchev–Trinajstić information content (AvgIpc) is 3.10.